The Kier molecular flexibility index (Phi) is 3.41. The van der Waals surface area contributed by atoms with E-state index in [1.54, 1.807) is 12.1 Å². The second-order valence-electron chi connectivity index (χ2n) is 5.71. The zero-order valence-corrected chi connectivity index (χ0v) is 11.6. The molecule has 102 valence electrons. The molecule has 0 aliphatic heterocycles. The highest BCUT2D eigenvalue weighted by molar-refractivity contribution is 5.30. The van der Waals surface area contributed by atoms with Crippen LogP contribution < -0.4 is 5.73 Å². The van der Waals surface area contributed by atoms with Crippen LogP contribution in [0.15, 0.2) is 22.7 Å². The highest BCUT2D eigenvalue weighted by Crippen LogP contribution is 2.25. The van der Waals surface area contributed by atoms with Gasteiger partial charge in [0.05, 0.1) is 6.04 Å². The predicted molar refractivity (Wildman–Crippen MR) is 70.2 cm³/mol. The van der Waals surface area contributed by atoms with Crippen LogP contribution in [0.25, 0.3) is 0 Å². The Bertz CT molecular complexity index is 587. The van der Waals surface area contributed by atoms with E-state index < -0.39 is 6.04 Å². The van der Waals surface area contributed by atoms with E-state index in [-0.39, 0.29) is 11.2 Å². The lowest BCUT2D eigenvalue weighted by Crippen LogP contribution is -2.17. The normalized spacial score (nSPS) is 13.6. The van der Waals surface area contributed by atoms with Crippen LogP contribution in [0.2, 0.25) is 0 Å². The summed E-state index contributed by atoms with van der Waals surface area (Å²) in [5.74, 6) is 0.431. The Balaban J connectivity index is 2.36. The first-order valence-corrected chi connectivity index (χ1v) is 6.15. The molecule has 0 radical (unpaired) electrons. The molecule has 1 heterocycles. The lowest BCUT2D eigenvalue weighted by molar-refractivity contribution is 0.317. The number of nitrogens with two attached hydrogens (primary N) is 1. The van der Waals surface area contributed by atoms with Crippen LogP contribution in [0.5, 0.6) is 0 Å². The molecule has 0 bridgehead atoms. The molecule has 0 aliphatic carbocycles. The predicted octanol–water partition coefficient (Wildman–Crippen LogP) is 2.86. The maximum Gasteiger partial charge on any atom is 0.232 e. The van der Waals surface area contributed by atoms with Crippen LogP contribution in [-0.2, 0) is 5.41 Å². The molecule has 1 aromatic heterocycles. The van der Waals surface area contributed by atoms with Crippen molar-refractivity contribution in [1.82, 2.24) is 10.1 Å². The molecule has 2 rings (SSSR count). The number of nitrogens with zero attached hydrogens (tertiary/aromatic N) is 2. The average Bonchev–Trinajstić information content (AvgIpc) is 2.80. The van der Waals surface area contributed by atoms with E-state index in [9.17, 15) is 4.39 Å². The molecule has 1 atom stereocenters. The second kappa shape index (κ2) is 4.74. The fraction of sp³-hybridized carbons (Fsp3) is 0.429. The van der Waals surface area contributed by atoms with Crippen molar-refractivity contribution in [2.24, 2.45) is 5.73 Å². The Hall–Kier alpha value is -1.75. The molecular weight excluding hydrogens is 245 g/mol. The van der Waals surface area contributed by atoms with Crippen LogP contribution in [0.3, 0.4) is 0 Å². The molecule has 1 aromatic carbocycles. The van der Waals surface area contributed by atoms with Gasteiger partial charge >= 0.3 is 0 Å². The monoisotopic (exact) mass is 263 g/mol. The van der Waals surface area contributed by atoms with E-state index in [2.05, 4.69) is 10.1 Å². The summed E-state index contributed by atoms with van der Waals surface area (Å²) in [6.07, 6.45) is 0. The van der Waals surface area contributed by atoms with Gasteiger partial charge in [0.15, 0.2) is 5.82 Å². The summed E-state index contributed by atoms with van der Waals surface area (Å²) in [6.45, 7) is 7.77. The van der Waals surface area contributed by atoms with Gasteiger partial charge in [-0.3, -0.25) is 0 Å². The van der Waals surface area contributed by atoms with Crippen molar-refractivity contribution >= 4 is 0 Å². The van der Waals surface area contributed by atoms with Gasteiger partial charge in [-0.25, -0.2) is 4.39 Å². The molecule has 2 N–H and O–H groups in total. The third-order valence-electron chi connectivity index (χ3n) is 2.85. The van der Waals surface area contributed by atoms with Gasteiger partial charge in [0.25, 0.3) is 0 Å². The van der Waals surface area contributed by atoms with Gasteiger partial charge in [-0.1, -0.05) is 43.6 Å². The van der Waals surface area contributed by atoms with Crippen molar-refractivity contribution in [2.75, 3.05) is 0 Å². The minimum atomic E-state index is -0.722. The Morgan fingerprint density at radius 3 is 2.58 bits per heavy atom. The van der Waals surface area contributed by atoms with Crippen molar-refractivity contribution in [3.63, 3.8) is 0 Å². The first-order valence-electron chi connectivity index (χ1n) is 6.15. The van der Waals surface area contributed by atoms with Gasteiger partial charge in [0.1, 0.15) is 5.82 Å². The van der Waals surface area contributed by atoms with E-state index >= 15 is 0 Å². The molecule has 0 spiro atoms. The average molecular weight is 263 g/mol. The lowest BCUT2D eigenvalue weighted by atomic mass is 9.97. The highest BCUT2D eigenvalue weighted by atomic mass is 19.1. The van der Waals surface area contributed by atoms with Crippen LogP contribution in [0.4, 0.5) is 4.39 Å². The number of aryl methyl sites for hydroxylation is 1. The molecule has 0 saturated heterocycles. The number of hydrogen-bond donors (Lipinski definition) is 1. The van der Waals surface area contributed by atoms with Gasteiger partial charge in [0, 0.05) is 11.0 Å². The molecule has 4 nitrogen and oxygen atoms in total. The van der Waals surface area contributed by atoms with Crippen LogP contribution in [-0.4, -0.2) is 10.1 Å². The van der Waals surface area contributed by atoms with Gasteiger partial charge in [0.2, 0.25) is 5.89 Å². The summed E-state index contributed by atoms with van der Waals surface area (Å²) in [6, 6.07) is 4.07. The van der Waals surface area contributed by atoms with E-state index in [4.69, 9.17) is 10.3 Å². The SMILES string of the molecule is Cc1ccc(F)c(C(N)c2noc(C(C)(C)C)n2)c1. The molecule has 19 heavy (non-hydrogen) atoms. The summed E-state index contributed by atoms with van der Waals surface area (Å²) in [7, 11) is 0. The standard InChI is InChI=1S/C14H18FN3O/c1-8-5-6-10(15)9(7-8)11(16)12-17-13(19-18-12)14(2,3)4/h5-7,11H,16H2,1-4H3. The summed E-state index contributed by atoms with van der Waals surface area (Å²) < 4.78 is 19.0. The summed E-state index contributed by atoms with van der Waals surface area (Å²) in [5, 5.41) is 3.85. The Morgan fingerprint density at radius 2 is 2.00 bits per heavy atom. The molecular formula is C14H18FN3O. The molecule has 1 unspecified atom stereocenters. The van der Waals surface area contributed by atoms with E-state index in [0.717, 1.165) is 5.56 Å². The van der Waals surface area contributed by atoms with Gasteiger partial charge in [-0.15, -0.1) is 0 Å². The highest BCUT2D eigenvalue weighted by Gasteiger charge is 2.25. The minimum absolute atomic E-state index is 0.254. The number of halogens is 1. The zero-order valence-electron chi connectivity index (χ0n) is 11.6. The number of hydrogen-bond acceptors (Lipinski definition) is 4. The zero-order chi connectivity index (χ0) is 14.2. The number of rotatable bonds is 2. The minimum Gasteiger partial charge on any atom is -0.339 e. The van der Waals surface area contributed by atoms with Crippen molar-refractivity contribution in [3.8, 4) is 0 Å². The molecule has 2 aromatic rings. The van der Waals surface area contributed by atoms with E-state index in [1.165, 1.54) is 6.07 Å². The van der Waals surface area contributed by atoms with Gasteiger partial charge in [-0.05, 0) is 13.0 Å². The Labute approximate surface area is 111 Å². The van der Waals surface area contributed by atoms with E-state index in [1.807, 2.05) is 27.7 Å². The summed E-state index contributed by atoms with van der Waals surface area (Å²) >= 11 is 0. The first kappa shape index (κ1) is 13.7. The second-order valence-corrected chi connectivity index (χ2v) is 5.71. The topological polar surface area (TPSA) is 64.9 Å². The van der Waals surface area contributed by atoms with Crippen molar-refractivity contribution < 1.29 is 8.91 Å². The van der Waals surface area contributed by atoms with Crippen LogP contribution in [0, 0.1) is 12.7 Å². The molecule has 0 saturated carbocycles. The third kappa shape index (κ3) is 2.81. The molecule has 0 fully saturated rings. The fourth-order valence-electron chi connectivity index (χ4n) is 1.71. The van der Waals surface area contributed by atoms with E-state index in [0.29, 0.717) is 17.3 Å². The van der Waals surface area contributed by atoms with Crippen molar-refractivity contribution in [2.45, 2.75) is 39.2 Å². The lowest BCUT2D eigenvalue weighted by Gasteiger charge is -2.11. The van der Waals surface area contributed by atoms with Crippen molar-refractivity contribution in [1.29, 1.82) is 0 Å². The summed E-state index contributed by atoms with van der Waals surface area (Å²) in [5.41, 5.74) is 7.08. The molecule has 0 aliphatic rings. The Morgan fingerprint density at radius 1 is 1.32 bits per heavy atom. The van der Waals surface area contributed by atoms with Crippen LogP contribution >= 0.6 is 0 Å². The van der Waals surface area contributed by atoms with Gasteiger partial charge < -0.3 is 10.3 Å². The number of aromatic nitrogens is 2. The molecule has 5 heteroatoms. The smallest absolute Gasteiger partial charge is 0.232 e. The summed E-state index contributed by atoms with van der Waals surface area (Å²) in [4.78, 5) is 4.26. The quantitative estimate of drug-likeness (QED) is 0.904. The molecule has 0 amide bonds. The van der Waals surface area contributed by atoms with Crippen LogP contribution in [0.1, 0.15) is 49.7 Å². The largest absolute Gasteiger partial charge is 0.339 e. The van der Waals surface area contributed by atoms with Crippen molar-refractivity contribution in [3.05, 3.63) is 46.9 Å². The number of benzene rings is 1. The van der Waals surface area contributed by atoms with Gasteiger partial charge in [-0.2, -0.15) is 4.98 Å². The maximum atomic E-state index is 13.8. The maximum absolute atomic E-state index is 13.8. The third-order valence-corrected chi connectivity index (χ3v) is 2.85. The fourth-order valence-corrected chi connectivity index (χ4v) is 1.71. The first-order chi connectivity index (χ1) is 8.79.